The number of hydrogen-bond donors (Lipinski definition) is 1. The van der Waals surface area contributed by atoms with E-state index in [2.05, 4.69) is 4.90 Å². The molecule has 1 aliphatic carbocycles. The maximum absolute atomic E-state index is 15.2. The lowest BCUT2D eigenvalue weighted by molar-refractivity contribution is 0.0694. The first-order valence-corrected chi connectivity index (χ1v) is 10.2. The van der Waals surface area contributed by atoms with Crippen molar-refractivity contribution in [2.45, 2.75) is 25.1 Å². The zero-order chi connectivity index (χ0) is 21.3. The minimum absolute atomic E-state index is 0.0198. The van der Waals surface area contributed by atoms with Crippen molar-refractivity contribution < 1.29 is 18.7 Å². The molecule has 0 amide bonds. The van der Waals surface area contributed by atoms with Crippen LogP contribution in [0, 0.1) is 5.82 Å². The topological polar surface area (TPSA) is 65.8 Å². The van der Waals surface area contributed by atoms with Gasteiger partial charge in [-0.3, -0.25) is 4.79 Å². The fraction of sp³-hybridized carbons (Fsp3) is 0.429. The molecule has 0 bridgehead atoms. The van der Waals surface area contributed by atoms with Crippen molar-refractivity contribution in [1.82, 2.24) is 9.47 Å². The van der Waals surface area contributed by atoms with Crippen LogP contribution in [0.5, 0.6) is 0 Å². The number of hydrogen-bond acceptors (Lipinski definition) is 4. The average Bonchev–Trinajstić information content (AvgIpc) is 3.26. The predicted octanol–water partition coefficient (Wildman–Crippen LogP) is 3.23. The Kier molecular flexibility index (Phi) is 4.41. The Morgan fingerprint density at radius 3 is 2.63 bits per heavy atom. The number of benzene rings is 1. The van der Waals surface area contributed by atoms with Gasteiger partial charge in [0.05, 0.1) is 27.7 Å². The lowest BCUT2D eigenvalue weighted by atomic mass is 10.0. The molecular weight excluding hydrogens is 416 g/mol. The number of carbonyl (C=O) groups is 1. The van der Waals surface area contributed by atoms with E-state index in [0.29, 0.717) is 13.1 Å². The highest BCUT2D eigenvalue weighted by molar-refractivity contribution is 6.38. The summed E-state index contributed by atoms with van der Waals surface area (Å²) in [5, 5.41) is 9.25. The Balaban J connectivity index is 1.68. The van der Waals surface area contributed by atoms with Gasteiger partial charge in [0, 0.05) is 38.8 Å². The van der Waals surface area contributed by atoms with E-state index in [9.17, 15) is 19.1 Å². The minimum Gasteiger partial charge on any atom is -0.477 e. The Labute approximate surface area is 175 Å². The Bertz CT molecular complexity index is 1190. The Morgan fingerprint density at radius 1 is 1.27 bits per heavy atom. The van der Waals surface area contributed by atoms with Crippen LogP contribution >= 0.6 is 11.6 Å². The number of alkyl halides is 1. The number of anilines is 1. The Hall–Kier alpha value is -2.45. The number of fused-ring (bicyclic) bond motifs is 1. The van der Waals surface area contributed by atoms with E-state index in [1.54, 1.807) is 0 Å². The molecule has 1 N–H and O–H groups in total. The van der Waals surface area contributed by atoms with Gasteiger partial charge in [0.1, 0.15) is 17.6 Å². The molecule has 1 fully saturated rings. The third kappa shape index (κ3) is 2.93. The highest BCUT2D eigenvalue weighted by Crippen LogP contribution is 2.45. The highest BCUT2D eigenvalue weighted by Gasteiger charge is 2.41. The van der Waals surface area contributed by atoms with Crippen molar-refractivity contribution in [3.05, 3.63) is 50.0 Å². The summed E-state index contributed by atoms with van der Waals surface area (Å²) in [6.45, 7) is 2.85. The van der Waals surface area contributed by atoms with Crippen LogP contribution in [0.3, 0.4) is 0 Å². The van der Waals surface area contributed by atoms with Crippen LogP contribution in [0.15, 0.2) is 28.2 Å². The molecule has 30 heavy (non-hydrogen) atoms. The summed E-state index contributed by atoms with van der Waals surface area (Å²) in [5.74, 6) is -2.12. The molecule has 0 radical (unpaired) electrons. The largest absolute Gasteiger partial charge is 0.477 e. The first-order valence-electron chi connectivity index (χ1n) is 9.83. The monoisotopic (exact) mass is 435 g/mol. The van der Waals surface area contributed by atoms with Crippen LogP contribution < -0.4 is 10.3 Å². The smallest absolute Gasteiger partial charge is 0.341 e. The number of likely N-dealkylation sites (N-methyl/N-ethyl adjacent to an activating group) is 1. The fourth-order valence-corrected chi connectivity index (χ4v) is 5.03. The summed E-state index contributed by atoms with van der Waals surface area (Å²) in [5.41, 5.74) is 1.53. The third-order valence-corrected chi connectivity index (χ3v) is 6.65. The van der Waals surface area contributed by atoms with Crippen LogP contribution in [-0.2, 0) is 0 Å². The molecule has 0 saturated heterocycles. The summed E-state index contributed by atoms with van der Waals surface area (Å²) in [6, 6.07) is 0.432. The molecule has 2 aromatic rings. The Morgan fingerprint density at radius 2 is 1.97 bits per heavy atom. The molecule has 2 aliphatic heterocycles. The third-order valence-electron chi connectivity index (χ3n) is 6.29. The van der Waals surface area contributed by atoms with Crippen molar-refractivity contribution in [1.29, 1.82) is 0 Å². The van der Waals surface area contributed by atoms with E-state index in [1.807, 2.05) is 11.9 Å². The number of aromatic carboxylic acids is 1. The lowest BCUT2D eigenvalue weighted by Gasteiger charge is -2.24. The van der Waals surface area contributed by atoms with E-state index < -0.39 is 35.0 Å². The molecule has 158 valence electrons. The molecule has 3 heterocycles. The zero-order valence-electron chi connectivity index (χ0n) is 16.3. The number of rotatable bonds is 3. The van der Waals surface area contributed by atoms with Gasteiger partial charge in [-0.15, -0.1) is 0 Å². The quantitative estimate of drug-likeness (QED) is 0.750. The molecular formula is C21H20ClF2N3O3. The van der Waals surface area contributed by atoms with Gasteiger partial charge in [0.2, 0.25) is 5.43 Å². The molecule has 1 aromatic heterocycles. The van der Waals surface area contributed by atoms with Crippen molar-refractivity contribution in [3.8, 4) is 0 Å². The van der Waals surface area contributed by atoms with Gasteiger partial charge in [-0.1, -0.05) is 11.6 Å². The van der Waals surface area contributed by atoms with Crippen molar-refractivity contribution in [2.75, 3.05) is 38.1 Å². The first kappa shape index (κ1) is 19.5. The molecule has 2 unspecified atom stereocenters. The molecule has 6 nitrogen and oxygen atoms in total. The number of carboxylic acids is 1. The van der Waals surface area contributed by atoms with Crippen molar-refractivity contribution >= 4 is 34.2 Å². The SMILES string of the molecule is CN1CCC2=C(C1)CN(c1c(F)cc3c(=O)c(C(=O)O)cn(C4CC4F)c3c1Cl)C2. The number of aromatic nitrogens is 1. The summed E-state index contributed by atoms with van der Waals surface area (Å²) in [4.78, 5) is 28.2. The number of pyridine rings is 1. The average molecular weight is 436 g/mol. The van der Waals surface area contributed by atoms with Crippen LogP contribution in [0.25, 0.3) is 10.9 Å². The van der Waals surface area contributed by atoms with E-state index in [4.69, 9.17) is 11.6 Å². The maximum atomic E-state index is 15.2. The van der Waals surface area contributed by atoms with E-state index in [1.165, 1.54) is 15.7 Å². The maximum Gasteiger partial charge on any atom is 0.341 e. The van der Waals surface area contributed by atoms with Crippen LogP contribution in [0.4, 0.5) is 14.5 Å². The summed E-state index contributed by atoms with van der Waals surface area (Å²) >= 11 is 6.64. The van der Waals surface area contributed by atoms with E-state index >= 15 is 4.39 Å². The second-order valence-electron chi connectivity index (χ2n) is 8.37. The molecule has 0 spiro atoms. The molecule has 3 aliphatic rings. The van der Waals surface area contributed by atoms with Crippen LogP contribution in [0.1, 0.15) is 29.2 Å². The predicted molar refractivity (Wildman–Crippen MR) is 110 cm³/mol. The molecule has 9 heteroatoms. The molecule has 5 rings (SSSR count). The lowest BCUT2D eigenvalue weighted by Crippen LogP contribution is -2.28. The van der Waals surface area contributed by atoms with Gasteiger partial charge in [0.15, 0.2) is 0 Å². The number of nitrogens with zero attached hydrogens (tertiary/aromatic N) is 3. The first-order chi connectivity index (χ1) is 14.3. The van der Waals surface area contributed by atoms with Crippen LogP contribution in [0.2, 0.25) is 5.02 Å². The minimum atomic E-state index is -1.44. The van der Waals surface area contributed by atoms with E-state index in [0.717, 1.165) is 31.8 Å². The zero-order valence-corrected chi connectivity index (χ0v) is 17.0. The highest BCUT2D eigenvalue weighted by atomic mass is 35.5. The normalized spacial score (nSPS) is 23.9. The van der Waals surface area contributed by atoms with Crippen LogP contribution in [-0.4, -0.2) is 59.9 Å². The van der Waals surface area contributed by atoms with E-state index in [-0.39, 0.29) is 28.0 Å². The summed E-state index contributed by atoms with van der Waals surface area (Å²) in [7, 11) is 2.04. The second-order valence-corrected chi connectivity index (χ2v) is 8.75. The molecule has 1 aromatic carbocycles. The van der Waals surface area contributed by atoms with Gasteiger partial charge in [-0.05, 0) is 30.7 Å². The number of carboxylic acid groups (broad SMARTS) is 1. The standard InChI is InChI=1S/C21H20ClF2N3O3/c1-25-3-2-10-7-26(8-11(10)6-25)19-15(24)4-12-18(17(19)22)27(16-5-14(16)23)9-13(20(12)28)21(29)30/h4,9,14,16H,2-3,5-8H2,1H3,(H,29,30). The van der Waals surface area contributed by atoms with Gasteiger partial charge >= 0.3 is 5.97 Å². The van der Waals surface area contributed by atoms with Gasteiger partial charge in [-0.2, -0.15) is 0 Å². The summed E-state index contributed by atoms with van der Waals surface area (Å²) in [6.07, 6.45) is 1.09. The van der Waals surface area contributed by atoms with Crippen molar-refractivity contribution in [3.63, 3.8) is 0 Å². The van der Waals surface area contributed by atoms with Gasteiger partial charge in [-0.25, -0.2) is 13.6 Å². The van der Waals surface area contributed by atoms with Crippen molar-refractivity contribution in [2.24, 2.45) is 0 Å². The molecule has 2 atom stereocenters. The molecule has 1 saturated carbocycles. The van der Waals surface area contributed by atoms with Gasteiger partial charge in [0.25, 0.3) is 0 Å². The second kappa shape index (κ2) is 6.78. The summed E-state index contributed by atoms with van der Waals surface area (Å²) < 4.78 is 30.5. The fourth-order valence-electron chi connectivity index (χ4n) is 4.62. The van der Waals surface area contributed by atoms with Gasteiger partial charge < -0.3 is 19.5 Å². The number of halogens is 3.